The van der Waals surface area contributed by atoms with Crippen molar-refractivity contribution in [3.63, 3.8) is 0 Å². The Morgan fingerprint density at radius 1 is 1.36 bits per heavy atom. The van der Waals surface area contributed by atoms with Gasteiger partial charge in [-0.1, -0.05) is 20.8 Å². The SMILES string of the molecule is CCC(C)(C)C(C)(CCN)C(=O)OC. The summed E-state index contributed by atoms with van der Waals surface area (Å²) in [6.45, 7) is 8.70. The highest BCUT2D eigenvalue weighted by Gasteiger charge is 2.46. The summed E-state index contributed by atoms with van der Waals surface area (Å²) in [5.41, 5.74) is 4.99. The van der Waals surface area contributed by atoms with Gasteiger partial charge in [-0.05, 0) is 31.7 Å². The summed E-state index contributed by atoms with van der Waals surface area (Å²) in [6.07, 6.45) is 1.60. The van der Waals surface area contributed by atoms with Gasteiger partial charge in [0.25, 0.3) is 0 Å². The van der Waals surface area contributed by atoms with E-state index in [9.17, 15) is 4.79 Å². The van der Waals surface area contributed by atoms with Crippen molar-refractivity contribution in [2.75, 3.05) is 13.7 Å². The number of rotatable bonds is 5. The molecule has 0 aromatic heterocycles. The normalized spacial score (nSPS) is 16.1. The first-order valence-electron chi connectivity index (χ1n) is 5.14. The van der Waals surface area contributed by atoms with Crippen LogP contribution in [0.5, 0.6) is 0 Å². The van der Waals surface area contributed by atoms with Crippen LogP contribution in [0.3, 0.4) is 0 Å². The Balaban J connectivity index is 4.98. The monoisotopic (exact) mass is 201 g/mol. The zero-order chi connectivity index (χ0) is 11.4. The lowest BCUT2D eigenvalue weighted by Crippen LogP contribution is -2.44. The Labute approximate surface area is 87.0 Å². The lowest BCUT2D eigenvalue weighted by molar-refractivity contribution is -0.160. The Bertz CT molecular complexity index is 201. The molecule has 0 rings (SSSR count). The molecule has 1 atom stereocenters. The van der Waals surface area contributed by atoms with Crippen LogP contribution in [0.15, 0.2) is 0 Å². The summed E-state index contributed by atoms with van der Waals surface area (Å²) in [5.74, 6) is -0.158. The maximum absolute atomic E-state index is 11.8. The molecule has 0 aromatic rings. The van der Waals surface area contributed by atoms with Gasteiger partial charge in [0.2, 0.25) is 0 Å². The highest BCUT2D eigenvalue weighted by molar-refractivity contribution is 5.77. The fourth-order valence-electron chi connectivity index (χ4n) is 1.62. The van der Waals surface area contributed by atoms with Gasteiger partial charge >= 0.3 is 5.97 Å². The van der Waals surface area contributed by atoms with Crippen molar-refractivity contribution >= 4 is 5.97 Å². The molecule has 3 heteroatoms. The molecule has 0 saturated carbocycles. The first-order valence-corrected chi connectivity index (χ1v) is 5.14. The third kappa shape index (κ3) is 2.27. The van der Waals surface area contributed by atoms with Crippen molar-refractivity contribution in [3.05, 3.63) is 0 Å². The fraction of sp³-hybridized carbons (Fsp3) is 0.909. The lowest BCUT2D eigenvalue weighted by atomic mass is 9.63. The summed E-state index contributed by atoms with van der Waals surface area (Å²) in [5, 5.41) is 0. The third-order valence-corrected chi connectivity index (χ3v) is 3.66. The van der Waals surface area contributed by atoms with Gasteiger partial charge in [-0.25, -0.2) is 0 Å². The van der Waals surface area contributed by atoms with E-state index in [1.165, 1.54) is 7.11 Å². The molecule has 84 valence electrons. The van der Waals surface area contributed by atoms with E-state index < -0.39 is 5.41 Å². The number of nitrogens with two attached hydrogens (primary N) is 1. The van der Waals surface area contributed by atoms with E-state index in [-0.39, 0.29) is 11.4 Å². The van der Waals surface area contributed by atoms with Crippen molar-refractivity contribution in [1.29, 1.82) is 0 Å². The van der Waals surface area contributed by atoms with E-state index in [1.807, 2.05) is 6.92 Å². The number of esters is 1. The Hall–Kier alpha value is -0.570. The fourth-order valence-corrected chi connectivity index (χ4v) is 1.62. The molecule has 14 heavy (non-hydrogen) atoms. The van der Waals surface area contributed by atoms with Crippen LogP contribution in [-0.4, -0.2) is 19.6 Å². The van der Waals surface area contributed by atoms with E-state index in [1.54, 1.807) is 0 Å². The minimum Gasteiger partial charge on any atom is -0.469 e. The summed E-state index contributed by atoms with van der Waals surface area (Å²) in [6, 6.07) is 0. The van der Waals surface area contributed by atoms with Crippen LogP contribution >= 0.6 is 0 Å². The molecule has 0 bridgehead atoms. The van der Waals surface area contributed by atoms with Gasteiger partial charge in [0.15, 0.2) is 0 Å². The van der Waals surface area contributed by atoms with Gasteiger partial charge in [-0.2, -0.15) is 0 Å². The molecule has 0 fully saturated rings. The Morgan fingerprint density at radius 2 is 1.86 bits per heavy atom. The predicted molar refractivity (Wildman–Crippen MR) is 57.9 cm³/mol. The predicted octanol–water partition coefficient (Wildman–Crippen LogP) is 1.95. The second-order valence-corrected chi connectivity index (χ2v) is 4.60. The number of hydrogen-bond acceptors (Lipinski definition) is 3. The molecule has 0 aromatic carbocycles. The van der Waals surface area contributed by atoms with Crippen molar-refractivity contribution in [1.82, 2.24) is 0 Å². The quantitative estimate of drug-likeness (QED) is 0.692. The standard InChI is InChI=1S/C11H23NO2/c1-6-10(2,3)11(4,7-8-12)9(13)14-5/h6-8,12H2,1-5H3. The zero-order valence-electron chi connectivity index (χ0n) is 10.0. The minimum atomic E-state index is -0.481. The van der Waals surface area contributed by atoms with Crippen LogP contribution in [0.25, 0.3) is 0 Å². The van der Waals surface area contributed by atoms with Gasteiger partial charge < -0.3 is 10.5 Å². The van der Waals surface area contributed by atoms with Gasteiger partial charge in [-0.3, -0.25) is 4.79 Å². The molecule has 0 aliphatic carbocycles. The summed E-state index contributed by atoms with van der Waals surface area (Å²) < 4.78 is 4.86. The summed E-state index contributed by atoms with van der Waals surface area (Å²) in [7, 11) is 1.43. The van der Waals surface area contributed by atoms with Crippen LogP contribution in [0, 0.1) is 10.8 Å². The second kappa shape index (κ2) is 4.78. The zero-order valence-corrected chi connectivity index (χ0v) is 10.0. The van der Waals surface area contributed by atoms with Crippen LogP contribution in [0.1, 0.15) is 40.5 Å². The highest BCUT2D eigenvalue weighted by atomic mass is 16.5. The molecule has 2 N–H and O–H groups in total. The maximum atomic E-state index is 11.8. The van der Waals surface area contributed by atoms with Crippen molar-refractivity contribution in [2.45, 2.75) is 40.5 Å². The number of carbonyl (C=O) groups excluding carboxylic acids is 1. The molecule has 0 aliphatic rings. The van der Waals surface area contributed by atoms with Gasteiger partial charge in [0.1, 0.15) is 0 Å². The second-order valence-electron chi connectivity index (χ2n) is 4.60. The van der Waals surface area contributed by atoms with Gasteiger partial charge in [-0.15, -0.1) is 0 Å². The highest BCUT2D eigenvalue weighted by Crippen LogP contribution is 2.44. The molecule has 0 radical (unpaired) electrons. The molecule has 3 nitrogen and oxygen atoms in total. The topological polar surface area (TPSA) is 52.3 Å². The van der Waals surface area contributed by atoms with E-state index in [0.717, 1.165) is 6.42 Å². The average Bonchev–Trinajstić information content (AvgIpc) is 2.16. The molecule has 0 spiro atoms. The average molecular weight is 201 g/mol. The first kappa shape index (κ1) is 13.4. The van der Waals surface area contributed by atoms with Gasteiger partial charge in [0, 0.05) is 0 Å². The van der Waals surface area contributed by atoms with E-state index in [2.05, 4.69) is 20.8 Å². The molecule has 0 amide bonds. The number of methoxy groups -OCH3 is 1. The van der Waals surface area contributed by atoms with Crippen LogP contribution in [0.4, 0.5) is 0 Å². The smallest absolute Gasteiger partial charge is 0.312 e. The number of carbonyl (C=O) groups is 1. The number of hydrogen-bond donors (Lipinski definition) is 1. The van der Waals surface area contributed by atoms with Crippen molar-refractivity contribution in [2.24, 2.45) is 16.6 Å². The lowest BCUT2D eigenvalue weighted by Gasteiger charge is -2.41. The maximum Gasteiger partial charge on any atom is 0.312 e. The van der Waals surface area contributed by atoms with Crippen molar-refractivity contribution in [3.8, 4) is 0 Å². The van der Waals surface area contributed by atoms with Gasteiger partial charge in [0.05, 0.1) is 12.5 Å². The molecule has 0 aliphatic heterocycles. The van der Waals surface area contributed by atoms with E-state index >= 15 is 0 Å². The van der Waals surface area contributed by atoms with E-state index in [4.69, 9.17) is 10.5 Å². The molecular formula is C11H23NO2. The Morgan fingerprint density at radius 3 is 2.14 bits per heavy atom. The molecular weight excluding hydrogens is 178 g/mol. The summed E-state index contributed by atoms with van der Waals surface area (Å²) in [4.78, 5) is 11.8. The third-order valence-electron chi connectivity index (χ3n) is 3.66. The molecule has 0 saturated heterocycles. The largest absolute Gasteiger partial charge is 0.469 e. The molecule has 1 unspecified atom stereocenters. The van der Waals surface area contributed by atoms with Crippen LogP contribution < -0.4 is 5.73 Å². The minimum absolute atomic E-state index is 0.0839. The van der Waals surface area contributed by atoms with Crippen LogP contribution in [-0.2, 0) is 9.53 Å². The Kier molecular flexibility index (Phi) is 4.59. The van der Waals surface area contributed by atoms with Crippen molar-refractivity contribution < 1.29 is 9.53 Å². The summed E-state index contributed by atoms with van der Waals surface area (Å²) >= 11 is 0. The molecule has 0 heterocycles. The first-order chi connectivity index (χ1) is 6.35. The van der Waals surface area contributed by atoms with E-state index in [0.29, 0.717) is 13.0 Å². The van der Waals surface area contributed by atoms with Crippen LogP contribution in [0.2, 0.25) is 0 Å². The number of ether oxygens (including phenoxy) is 1.